The molecular formula is C23H25FN2O3. The lowest BCUT2D eigenvalue weighted by Crippen LogP contribution is -2.40. The summed E-state index contributed by atoms with van der Waals surface area (Å²) in [4.78, 5) is 26.4. The number of ether oxygens (including phenoxy) is 1. The summed E-state index contributed by atoms with van der Waals surface area (Å²) in [5, 5.41) is 2.90. The standard InChI is InChI=1S/C23H25FN2O3/c1-2-22(28)26-12-11-15-5-10-19(29-14-21(27)25-18-8-9-18)13-20(15)23(26)16-3-6-17(24)7-4-16/h3-7,10,13,18,23H,2,8-9,11-12,14H2,1H3,(H,25,27). The molecule has 1 heterocycles. The molecule has 2 amide bonds. The smallest absolute Gasteiger partial charge is 0.258 e. The van der Waals surface area contributed by atoms with E-state index < -0.39 is 0 Å². The first kappa shape index (κ1) is 19.4. The van der Waals surface area contributed by atoms with Crippen LogP contribution < -0.4 is 10.1 Å². The molecule has 6 heteroatoms. The number of benzene rings is 2. The molecule has 0 bridgehead atoms. The summed E-state index contributed by atoms with van der Waals surface area (Å²) in [6, 6.07) is 12.0. The van der Waals surface area contributed by atoms with E-state index in [2.05, 4.69) is 5.32 Å². The zero-order valence-electron chi connectivity index (χ0n) is 16.5. The van der Waals surface area contributed by atoms with Gasteiger partial charge in [-0.25, -0.2) is 4.39 Å². The lowest BCUT2D eigenvalue weighted by atomic mass is 9.87. The van der Waals surface area contributed by atoms with Gasteiger partial charge in [-0.15, -0.1) is 0 Å². The number of fused-ring (bicyclic) bond motifs is 1. The van der Waals surface area contributed by atoms with Crippen LogP contribution in [0.15, 0.2) is 42.5 Å². The maximum absolute atomic E-state index is 13.5. The molecule has 0 aromatic heterocycles. The molecule has 1 aliphatic heterocycles. The van der Waals surface area contributed by atoms with Crippen molar-refractivity contribution in [1.29, 1.82) is 0 Å². The van der Waals surface area contributed by atoms with Crippen molar-refractivity contribution in [1.82, 2.24) is 10.2 Å². The Morgan fingerprint density at radius 2 is 1.93 bits per heavy atom. The molecule has 1 fully saturated rings. The van der Waals surface area contributed by atoms with Crippen LogP contribution in [0.3, 0.4) is 0 Å². The third-order valence-electron chi connectivity index (χ3n) is 5.47. The average molecular weight is 396 g/mol. The number of hydrogen-bond acceptors (Lipinski definition) is 3. The van der Waals surface area contributed by atoms with E-state index in [0.29, 0.717) is 24.8 Å². The van der Waals surface area contributed by atoms with Gasteiger partial charge in [0.2, 0.25) is 5.91 Å². The Labute approximate surface area is 169 Å². The summed E-state index contributed by atoms with van der Waals surface area (Å²) in [6.07, 6.45) is 3.22. The number of hydrogen-bond donors (Lipinski definition) is 1. The summed E-state index contributed by atoms with van der Waals surface area (Å²) in [6.45, 7) is 2.43. The van der Waals surface area contributed by atoms with E-state index in [-0.39, 0.29) is 30.3 Å². The molecule has 1 saturated carbocycles. The fourth-order valence-corrected chi connectivity index (χ4v) is 3.81. The van der Waals surface area contributed by atoms with Gasteiger partial charge in [-0.3, -0.25) is 9.59 Å². The first-order valence-electron chi connectivity index (χ1n) is 10.1. The first-order chi connectivity index (χ1) is 14.0. The van der Waals surface area contributed by atoms with Gasteiger partial charge >= 0.3 is 0 Å². The molecule has 2 aliphatic rings. The number of rotatable bonds is 6. The normalized spacial score (nSPS) is 18.1. The second-order valence-electron chi connectivity index (χ2n) is 7.64. The molecule has 29 heavy (non-hydrogen) atoms. The van der Waals surface area contributed by atoms with Crippen molar-refractivity contribution in [3.05, 3.63) is 65.0 Å². The van der Waals surface area contributed by atoms with Crippen molar-refractivity contribution in [2.75, 3.05) is 13.2 Å². The van der Waals surface area contributed by atoms with E-state index in [9.17, 15) is 14.0 Å². The maximum Gasteiger partial charge on any atom is 0.258 e. The van der Waals surface area contributed by atoms with Crippen molar-refractivity contribution in [3.8, 4) is 5.75 Å². The zero-order chi connectivity index (χ0) is 20.4. The quantitative estimate of drug-likeness (QED) is 0.815. The van der Waals surface area contributed by atoms with Gasteiger partial charge in [0.05, 0.1) is 6.04 Å². The van der Waals surface area contributed by atoms with Crippen LogP contribution in [-0.2, 0) is 16.0 Å². The maximum atomic E-state index is 13.5. The van der Waals surface area contributed by atoms with E-state index in [1.165, 1.54) is 12.1 Å². The third-order valence-corrected chi connectivity index (χ3v) is 5.47. The Bertz CT molecular complexity index is 909. The summed E-state index contributed by atoms with van der Waals surface area (Å²) in [5.41, 5.74) is 2.96. The molecule has 0 spiro atoms. The molecule has 152 valence electrons. The Hall–Kier alpha value is -2.89. The van der Waals surface area contributed by atoms with Gasteiger partial charge < -0.3 is 15.0 Å². The summed E-state index contributed by atoms with van der Waals surface area (Å²) in [7, 11) is 0. The number of nitrogens with one attached hydrogen (secondary N) is 1. The molecule has 1 atom stereocenters. The van der Waals surface area contributed by atoms with E-state index in [1.54, 1.807) is 12.1 Å². The Morgan fingerprint density at radius 1 is 1.17 bits per heavy atom. The van der Waals surface area contributed by atoms with Gasteiger partial charge in [-0.2, -0.15) is 0 Å². The monoisotopic (exact) mass is 396 g/mol. The van der Waals surface area contributed by atoms with Crippen molar-refractivity contribution >= 4 is 11.8 Å². The number of nitrogens with zero attached hydrogens (tertiary/aromatic N) is 1. The van der Waals surface area contributed by atoms with Crippen LogP contribution in [0, 0.1) is 5.82 Å². The second kappa shape index (κ2) is 8.23. The fourth-order valence-electron chi connectivity index (χ4n) is 3.81. The van der Waals surface area contributed by atoms with Crippen LogP contribution in [-0.4, -0.2) is 35.9 Å². The number of amides is 2. The SMILES string of the molecule is CCC(=O)N1CCc2ccc(OCC(=O)NC3CC3)cc2C1c1ccc(F)cc1. The fraction of sp³-hybridized carbons (Fsp3) is 0.391. The van der Waals surface area contributed by atoms with Crippen LogP contribution in [0.1, 0.15) is 48.9 Å². The molecule has 2 aromatic carbocycles. The summed E-state index contributed by atoms with van der Waals surface area (Å²) in [5.74, 6) is 0.215. The minimum atomic E-state index is -0.308. The summed E-state index contributed by atoms with van der Waals surface area (Å²) < 4.78 is 19.2. The van der Waals surface area contributed by atoms with Crippen LogP contribution in [0.5, 0.6) is 5.75 Å². The van der Waals surface area contributed by atoms with Crippen molar-refractivity contribution < 1.29 is 18.7 Å². The lowest BCUT2D eigenvalue weighted by molar-refractivity contribution is -0.133. The average Bonchev–Trinajstić information content (AvgIpc) is 3.55. The Balaban J connectivity index is 1.61. The number of carbonyl (C=O) groups excluding carboxylic acids is 2. The highest BCUT2D eigenvalue weighted by Crippen LogP contribution is 2.37. The van der Waals surface area contributed by atoms with Gasteiger partial charge in [0, 0.05) is 19.0 Å². The van der Waals surface area contributed by atoms with Gasteiger partial charge in [-0.05, 0) is 60.2 Å². The van der Waals surface area contributed by atoms with E-state index in [4.69, 9.17) is 4.74 Å². The van der Waals surface area contributed by atoms with Crippen LogP contribution >= 0.6 is 0 Å². The number of carbonyl (C=O) groups is 2. The van der Waals surface area contributed by atoms with E-state index >= 15 is 0 Å². The topological polar surface area (TPSA) is 58.6 Å². The predicted octanol–water partition coefficient (Wildman–Crippen LogP) is 3.37. The highest BCUT2D eigenvalue weighted by molar-refractivity contribution is 5.78. The van der Waals surface area contributed by atoms with E-state index in [1.807, 2.05) is 30.0 Å². The predicted molar refractivity (Wildman–Crippen MR) is 107 cm³/mol. The Morgan fingerprint density at radius 3 is 2.62 bits per heavy atom. The van der Waals surface area contributed by atoms with Gasteiger partial charge in [-0.1, -0.05) is 25.1 Å². The first-order valence-corrected chi connectivity index (χ1v) is 10.1. The molecule has 0 radical (unpaired) electrons. The summed E-state index contributed by atoms with van der Waals surface area (Å²) >= 11 is 0. The number of halogens is 1. The van der Waals surface area contributed by atoms with Crippen LogP contribution in [0.2, 0.25) is 0 Å². The van der Waals surface area contributed by atoms with Gasteiger partial charge in [0.25, 0.3) is 5.91 Å². The Kier molecular flexibility index (Phi) is 5.51. The zero-order valence-corrected chi connectivity index (χ0v) is 16.5. The molecule has 2 aromatic rings. The highest BCUT2D eigenvalue weighted by Gasteiger charge is 2.32. The second-order valence-corrected chi connectivity index (χ2v) is 7.64. The molecule has 1 aliphatic carbocycles. The third kappa shape index (κ3) is 4.42. The highest BCUT2D eigenvalue weighted by atomic mass is 19.1. The van der Waals surface area contributed by atoms with E-state index in [0.717, 1.165) is 36.0 Å². The largest absolute Gasteiger partial charge is 0.484 e. The lowest BCUT2D eigenvalue weighted by Gasteiger charge is -2.38. The van der Waals surface area contributed by atoms with Crippen molar-refractivity contribution in [3.63, 3.8) is 0 Å². The minimum Gasteiger partial charge on any atom is -0.484 e. The molecule has 0 saturated heterocycles. The molecule has 1 unspecified atom stereocenters. The molecule has 5 nitrogen and oxygen atoms in total. The molecule has 4 rings (SSSR count). The van der Waals surface area contributed by atoms with Crippen molar-refractivity contribution in [2.45, 2.75) is 44.7 Å². The van der Waals surface area contributed by atoms with Crippen molar-refractivity contribution in [2.24, 2.45) is 0 Å². The minimum absolute atomic E-state index is 0.0336. The molecular weight excluding hydrogens is 371 g/mol. The van der Waals surface area contributed by atoms with Gasteiger partial charge in [0.1, 0.15) is 11.6 Å². The van der Waals surface area contributed by atoms with Crippen LogP contribution in [0.4, 0.5) is 4.39 Å². The van der Waals surface area contributed by atoms with Crippen LogP contribution in [0.25, 0.3) is 0 Å². The molecule has 1 N–H and O–H groups in total. The van der Waals surface area contributed by atoms with Gasteiger partial charge in [0.15, 0.2) is 6.61 Å².